The smallest absolute Gasteiger partial charge is 0.277 e. The Morgan fingerprint density at radius 3 is 2.48 bits per heavy atom. The predicted molar refractivity (Wildman–Crippen MR) is 104 cm³/mol. The molecule has 0 aromatic heterocycles. The molecular weight excluding hydrogens is 391 g/mol. The molecule has 1 saturated heterocycles. The molecule has 1 aromatic rings. The zero-order valence-corrected chi connectivity index (χ0v) is 16.8. The summed E-state index contributed by atoms with van der Waals surface area (Å²) in [5, 5.41) is 0.806. The van der Waals surface area contributed by atoms with Gasteiger partial charge in [-0.05, 0) is 26.0 Å². The summed E-state index contributed by atoms with van der Waals surface area (Å²) in [6.45, 7) is 6.38. The van der Waals surface area contributed by atoms with Crippen molar-refractivity contribution >= 4 is 40.6 Å². The summed E-state index contributed by atoms with van der Waals surface area (Å²) < 4.78 is 10.9. The highest BCUT2D eigenvalue weighted by molar-refractivity contribution is 6.41. The summed E-state index contributed by atoms with van der Waals surface area (Å²) in [6.07, 6.45) is 0.0228. The van der Waals surface area contributed by atoms with Crippen LogP contribution in [0.15, 0.2) is 23.9 Å². The fourth-order valence-electron chi connectivity index (χ4n) is 3.16. The Kier molecular flexibility index (Phi) is 6.42. The Morgan fingerprint density at radius 2 is 1.85 bits per heavy atom. The molecule has 8 heteroatoms. The third kappa shape index (κ3) is 4.29. The van der Waals surface area contributed by atoms with Gasteiger partial charge in [0.15, 0.2) is 0 Å². The van der Waals surface area contributed by atoms with Crippen LogP contribution in [0.2, 0.25) is 10.0 Å². The molecule has 3 rings (SSSR count). The summed E-state index contributed by atoms with van der Waals surface area (Å²) in [7, 11) is 0. The van der Waals surface area contributed by atoms with Crippen molar-refractivity contribution in [1.29, 1.82) is 0 Å². The van der Waals surface area contributed by atoms with Crippen LogP contribution in [0.1, 0.15) is 19.4 Å². The largest absolute Gasteiger partial charge is 0.378 e. The molecule has 0 N–H and O–H groups in total. The lowest BCUT2D eigenvalue weighted by Crippen LogP contribution is -2.41. The minimum Gasteiger partial charge on any atom is -0.378 e. The number of nitrogens with zero attached hydrogens (tertiary/aromatic N) is 2. The van der Waals surface area contributed by atoms with Crippen molar-refractivity contribution in [3.05, 3.63) is 39.5 Å². The number of carbonyl (C=O) groups is 2. The van der Waals surface area contributed by atoms with Crippen molar-refractivity contribution < 1.29 is 19.1 Å². The zero-order valence-electron chi connectivity index (χ0n) is 15.3. The first-order valence-corrected chi connectivity index (χ1v) is 9.66. The van der Waals surface area contributed by atoms with Gasteiger partial charge in [-0.15, -0.1) is 0 Å². The molecular formula is C19H22Cl2N2O4. The second-order valence-electron chi connectivity index (χ2n) is 6.63. The molecule has 0 unspecified atom stereocenters. The van der Waals surface area contributed by atoms with E-state index in [0.29, 0.717) is 53.2 Å². The van der Waals surface area contributed by atoms with Crippen LogP contribution in [0.3, 0.4) is 0 Å². The van der Waals surface area contributed by atoms with Gasteiger partial charge in [-0.2, -0.15) is 0 Å². The van der Waals surface area contributed by atoms with Gasteiger partial charge in [-0.25, -0.2) is 0 Å². The highest BCUT2D eigenvalue weighted by atomic mass is 35.5. The molecule has 0 spiro atoms. The van der Waals surface area contributed by atoms with Crippen LogP contribution in [0.4, 0.5) is 0 Å². The van der Waals surface area contributed by atoms with Crippen molar-refractivity contribution in [2.24, 2.45) is 0 Å². The standard InChI is InChI=1S/C19H22Cl2N2O4/c1-12(2)27-10-7-23-18(24)16(14-4-3-13(20)11-15(14)21)17(19(23)25)22-5-8-26-9-6-22/h3-4,11-12H,5-10H2,1-2H3. The van der Waals surface area contributed by atoms with Crippen LogP contribution in [-0.2, 0) is 19.1 Å². The van der Waals surface area contributed by atoms with Gasteiger partial charge >= 0.3 is 0 Å². The molecule has 0 atom stereocenters. The second kappa shape index (κ2) is 8.61. The van der Waals surface area contributed by atoms with E-state index in [1.165, 1.54) is 4.90 Å². The normalized spacial score (nSPS) is 18.3. The summed E-state index contributed by atoms with van der Waals surface area (Å²) >= 11 is 12.3. The molecule has 0 aliphatic carbocycles. The number of carbonyl (C=O) groups excluding carboxylic acids is 2. The fourth-order valence-corrected chi connectivity index (χ4v) is 3.66. The summed E-state index contributed by atoms with van der Waals surface area (Å²) in [6, 6.07) is 4.92. The maximum Gasteiger partial charge on any atom is 0.277 e. The van der Waals surface area contributed by atoms with E-state index in [0.717, 1.165) is 0 Å². The number of ether oxygens (including phenoxy) is 2. The summed E-state index contributed by atoms with van der Waals surface area (Å²) in [5.74, 6) is -0.687. The van der Waals surface area contributed by atoms with Crippen molar-refractivity contribution in [2.75, 3.05) is 39.5 Å². The number of rotatable bonds is 6. The Hall–Kier alpha value is -1.60. The van der Waals surface area contributed by atoms with Gasteiger partial charge in [0, 0.05) is 23.7 Å². The third-order valence-electron chi connectivity index (χ3n) is 4.44. The molecule has 6 nitrogen and oxygen atoms in total. The second-order valence-corrected chi connectivity index (χ2v) is 7.47. The number of halogens is 2. The fraction of sp³-hybridized carbons (Fsp3) is 0.474. The van der Waals surface area contributed by atoms with Crippen LogP contribution < -0.4 is 0 Å². The lowest BCUT2D eigenvalue weighted by atomic mass is 10.0. The molecule has 0 radical (unpaired) electrons. The predicted octanol–water partition coefficient (Wildman–Crippen LogP) is 2.83. The van der Waals surface area contributed by atoms with Gasteiger partial charge in [0.2, 0.25) is 0 Å². The maximum absolute atomic E-state index is 13.1. The number of morpholine rings is 1. The average Bonchev–Trinajstić information content (AvgIpc) is 2.87. The first-order chi connectivity index (χ1) is 12.9. The Labute approximate surface area is 168 Å². The number of benzene rings is 1. The number of amides is 2. The van der Waals surface area contributed by atoms with Gasteiger partial charge < -0.3 is 14.4 Å². The van der Waals surface area contributed by atoms with Crippen LogP contribution in [0.5, 0.6) is 0 Å². The van der Waals surface area contributed by atoms with Gasteiger partial charge in [0.1, 0.15) is 5.70 Å². The quantitative estimate of drug-likeness (QED) is 0.672. The minimum absolute atomic E-state index is 0.0228. The van der Waals surface area contributed by atoms with Gasteiger partial charge in [0.05, 0.1) is 43.1 Å². The van der Waals surface area contributed by atoms with E-state index in [1.807, 2.05) is 18.7 Å². The first-order valence-electron chi connectivity index (χ1n) is 8.90. The van der Waals surface area contributed by atoms with Crippen LogP contribution in [-0.4, -0.2) is 67.2 Å². The number of hydrogen-bond acceptors (Lipinski definition) is 5. The van der Waals surface area contributed by atoms with E-state index in [2.05, 4.69) is 0 Å². The van der Waals surface area contributed by atoms with Crippen molar-refractivity contribution in [3.63, 3.8) is 0 Å². The van der Waals surface area contributed by atoms with E-state index >= 15 is 0 Å². The molecule has 2 aliphatic rings. The number of hydrogen-bond donors (Lipinski definition) is 0. The highest BCUT2D eigenvalue weighted by Gasteiger charge is 2.42. The molecule has 1 fully saturated rings. The third-order valence-corrected chi connectivity index (χ3v) is 4.99. The van der Waals surface area contributed by atoms with Crippen molar-refractivity contribution in [1.82, 2.24) is 9.80 Å². The molecule has 2 aliphatic heterocycles. The SMILES string of the molecule is CC(C)OCCN1C(=O)C(c2ccc(Cl)cc2Cl)=C(N2CCOCC2)C1=O. The lowest BCUT2D eigenvalue weighted by Gasteiger charge is -2.29. The zero-order chi connectivity index (χ0) is 19.6. The first kappa shape index (κ1) is 20.1. The molecule has 0 saturated carbocycles. The number of imide groups is 1. The monoisotopic (exact) mass is 412 g/mol. The Morgan fingerprint density at radius 1 is 1.15 bits per heavy atom. The molecule has 0 bridgehead atoms. The molecule has 1 aromatic carbocycles. The lowest BCUT2D eigenvalue weighted by molar-refractivity contribution is -0.138. The molecule has 2 amide bonds. The topological polar surface area (TPSA) is 59.1 Å². The summed E-state index contributed by atoms with van der Waals surface area (Å²) in [4.78, 5) is 29.3. The van der Waals surface area contributed by atoms with Gasteiger partial charge in [-0.3, -0.25) is 14.5 Å². The van der Waals surface area contributed by atoms with Gasteiger partial charge in [0.25, 0.3) is 11.8 Å². The molecule has 2 heterocycles. The Bertz CT molecular complexity index is 773. The molecule has 146 valence electrons. The van der Waals surface area contributed by atoms with Crippen molar-refractivity contribution in [3.8, 4) is 0 Å². The Balaban J connectivity index is 1.98. The van der Waals surface area contributed by atoms with Crippen LogP contribution >= 0.6 is 23.2 Å². The molecule has 27 heavy (non-hydrogen) atoms. The van der Waals surface area contributed by atoms with Gasteiger partial charge in [-0.1, -0.05) is 29.3 Å². The van der Waals surface area contributed by atoms with E-state index < -0.39 is 0 Å². The van der Waals surface area contributed by atoms with E-state index in [-0.39, 0.29) is 31.1 Å². The minimum atomic E-state index is -0.363. The highest BCUT2D eigenvalue weighted by Crippen LogP contribution is 2.36. The van der Waals surface area contributed by atoms with Crippen LogP contribution in [0, 0.1) is 0 Å². The average molecular weight is 413 g/mol. The van der Waals surface area contributed by atoms with Crippen LogP contribution in [0.25, 0.3) is 5.57 Å². The maximum atomic E-state index is 13.1. The van der Waals surface area contributed by atoms with E-state index in [1.54, 1.807) is 18.2 Å². The van der Waals surface area contributed by atoms with E-state index in [4.69, 9.17) is 32.7 Å². The summed E-state index contributed by atoms with van der Waals surface area (Å²) in [5.41, 5.74) is 1.19. The van der Waals surface area contributed by atoms with E-state index in [9.17, 15) is 9.59 Å². The van der Waals surface area contributed by atoms with Crippen molar-refractivity contribution in [2.45, 2.75) is 20.0 Å².